The first-order chi connectivity index (χ1) is 16.7. The van der Waals surface area contributed by atoms with Crippen molar-refractivity contribution >= 4 is 34.4 Å². The van der Waals surface area contributed by atoms with Gasteiger partial charge in [-0.25, -0.2) is 0 Å². The zero-order valence-electron chi connectivity index (χ0n) is 20.1. The van der Waals surface area contributed by atoms with Crippen molar-refractivity contribution in [3.8, 4) is 16.1 Å². The number of rotatable bonds is 5. The Balaban J connectivity index is 1.70. The molecule has 0 saturated heterocycles. The van der Waals surface area contributed by atoms with Gasteiger partial charge in [0.05, 0.1) is 17.7 Å². The summed E-state index contributed by atoms with van der Waals surface area (Å²) in [5.41, 5.74) is 5.80. The van der Waals surface area contributed by atoms with Gasteiger partial charge in [0.25, 0.3) is 0 Å². The molecule has 3 atom stereocenters. The van der Waals surface area contributed by atoms with E-state index in [4.69, 9.17) is 4.99 Å². The molecule has 7 nitrogen and oxygen atoms in total. The van der Waals surface area contributed by atoms with E-state index in [9.17, 15) is 15.0 Å². The normalized spacial score (nSPS) is 16.7. The predicted octanol–water partition coefficient (Wildman–Crippen LogP) is 5.65. The van der Waals surface area contributed by atoms with Gasteiger partial charge in [-0.3, -0.25) is 14.4 Å². The second-order valence-electron chi connectivity index (χ2n) is 8.91. The molecule has 0 bridgehead atoms. The van der Waals surface area contributed by atoms with Crippen molar-refractivity contribution in [2.75, 3.05) is 0 Å². The number of aliphatic hydroxyl groups excluding tert-OH is 1. The standard InChI is InChI=1S/C26H26N4O3S2/c1-12-15(4)35-25-20(12)22(27-21(13(2)26(32)33)24-29-28-16(5)30(24)25)18-8-6-17(7-9-18)19-10-11-34-23(19)14(3)31/h6-11,13-14,21,31H,1-5H3,(H,32,33)/t13?,14-,21?/m0/s1. The second kappa shape index (κ2) is 8.82. The summed E-state index contributed by atoms with van der Waals surface area (Å²) in [6.07, 6.45) is -0.535. The molecule has 0 aliphatic carbocycles. The van der Waals surface area contributed by atoms with E-state index in [-0.39, 0.29) is 0 Å². The number of aliphatic hydroxyl groups is 1. The van der Waals surface area contributed by atoms with Crippen molar-refractivity contribution in [1.29, 1.82) is 0 Å². The lowest BCUT2D eigenvalue weighted by Gasteiger charge is -2.16. The fourth-order valence-corrected chi connectivity index (χ4v) is 6.58. The lowest BCUT2D eigenvalue weighted by Crippen LogP contribution is -2.21. The average molecular weight is 507 g/mol. The number of carbonyl (C=O) groups is 1. The Kier molecular flexibility index (Phi) is 5.94. The third kappa shape index (κ3) is 3.84. The molecular weight excluding hydrogens is 480 g/mol. The molecule has 1 aliphatic rings. The Bertz CT molecular complexity index is 1460. The number of aryl methyl sites for hydroxylation is 2. The molecule has 0 spiro atoms. The van der Waals surface area contributed by atoms with Gasteiger partial charge in [0.1, 0.15) is 16.9 Å². The monoisotopic (exact) mass is 506 g/mol. The van der Waals surface area contributed by atoms with Crippen LogP contribution >= 0.6 is 22.7 Å². The Morgan fingerprint density at radius 1 is 1.06 bits per heavy atom. The Labute approximate surface area is 211 Å². The van der Waals surface area contributed by atoms with Gasteiger partial charge >= 0.3 is 5.97 Å². The molecule has 1 aromatic carbocycles. The lowest BCUT2D eigenvalue weighted by atomic mass is 9.96. The summed E-state index contributed by atoms with van der Waals surface area (Å²) in [7, 11) is 0. The Morgan fingerprint density at radius 3 is 2.40 bits per heavy atom. The first-order valence-corrected chi connectivity index (χ1v) is 13.1. The van der Waals surface area contributed by atoms with Crippen molar-refractivity contribution in [1.82, 2.24) is 14.8 Å². The molecular formula is C26H26N4O3S2. The molecule has 35 heavy (non-hydrogen) atoms. The zero-order valence-corrected chi connectivity index (χ0v) is 21.7. The number of aromatic nitrogens is 3. The molecule has 4 heterocycles. The molecule has 1 aliphatic heterocycles. The number of carboxylic acid groups (broad SMARTS) is 1. The van der Waals surface area contributed by atoms with E-state index in [1.165, 1.54) is 4.88 Å². The van der Waals surface area contributed by atoms with Gasteiger partial charge < -0.3 is 10.2 Å². The summed E-state index contributed by atoms with van der Waals surface area (Å²) in [4.78, 5) is 19.2. The minimum atomic E-state index is -0.929. The number of hydrogen-bond acceptors (Lipinski definition) is 7. The average Bonchev–Trinajstić information content (AvgIpc) is 3.51. The van der Waals surface area contributed by atoms with Crippen LogP contribution in [0.3, 0.4) is 0 Å². The minimum Gasteiger partial charge on any atom is -0.481 e. The van der Waals surface area contributed by atoms with Crippen LogP contribution in [0.15, 0.2) is 40.7 Å². The summed E-state index contributed by atoms with van der Waals surface area (Å²) >= 11 is 3.19. The van der Waals surface area contributed by atoms with Crippen LogP contribution in [-0.4, -0.2) is 36.7 Å². The second-order valence-corrected chi connectivity index (χ2v) is 11.1. The molecule has 9 heteroatoms. The molecule has 3 aromatic heterocycles. The highest BCUT2D eigenvalue weighted by atomic mass is 32.1. The summed E-state index contributed by atoms with van der Waals surface area (Å²) in [6.45, 7) is 9.48. The number of nitrogens with zero attached hydrogens (tertiary/aromatic N) is 4. The zero-order chi connectivity index (χ0) is 25.0. The number of aliphatic carboxylic acids is 1. The van der Waals surface area contributed by atoms with Gasteiger partial charge in [-0.05, 0) is 62.8 Å². The highest BCUT2D eigenvalue weighted by Crippen LogP contribution is 2.41. The van der Waals surface area contributed by atoms with Crippen LogP contribution in [0.5, 0.6) is 0 Å². The molecule has 180 valence electrons. The summed E-state index contributed by atoms with van der Waals surface area (Å²) < 4.78 is 1.97. The van der Waals surface area contributed by atoms with Crippen LogP contribution in [0.1, 0.15) is 64.1 Å². The first-order valence-electron chi connectivity index (χ1n) is 11.4. The number of fused-ring (bicyclic) bond motifs is 3. The van der Waals surface area contributed by atoms with Crippen LogP contribution < -0.4 is 0 Å². The third-order valence-electron chi connectivity index (χ3n) is 6.60. The molecule has 4 aromatic rings. The number of hydrogen-bond donors (Lipinski definition) is 2. The lowest BCUT2D eigenvalue weighted by molar-refractivity contribution is -0.141. The van der Waals surface area contributed by atoms with Crippen LogP contribution in [-0.2, 0) is 4.79 Å². The molecule has 0 amide bonds. The number of carboxylic acids is 1. The van der Waals surface area contributed by atoms with E-state index in [1.54, 1.807) is 36.5 Å². The van der Waals surface area contributed by atoms with E-state index in [2.05, 4.69) is 24.0 Å². The van der Waals surface area contributed by atoms with Crippen molar-refractivity contribution < 1.29 is 15.0 Å². The SMILES string of the molecule is Cc1sc2c(c1C)C(c1ccc(-c3ccsc3[C@H](C)O)cc1)=NC(C(C)C(=O)O)c1nnc(C)n1-2. The minimum absolute atomic E-state index is 0.535. The summed E-state index contributed by atoms with van der Waals surface area (Å²) in [6, 6.07) is 9.46. The van der Waals surface area contributed by atoms with Crippen molar-refractivity contribution in [3.05, 3.63) is 73.8 Å². The van der Waals surface area contributed by atoms with E-state index in [0.29, 0.717) is 11.6 Å². The predicted molar refractivity (Wildman–Crippen MR) is 139 cm³/mol. The topological polar surface area (TPSA) is 101 Å². The van der Waals surface area contributed by atoms with E-state index < -0.39 is 24.0 Å². The molecule has 0 saturated carbocycles. The van der Waals surface area contributed by atoms with Gasteiger partial charge in [0, 0.05) is 20.9 Å². The highest BCUT2D eigenvalue weighted by Gasteiger charge is 2.36. The van der Waals surface area contributed by atoms with E-state index in [0.717, 1.165) is 43.4 Å². The maximum Gasteiger partial charge on any atom is 0.308 e. The fourth-order valence-electron chi connectivity index (χ4n) is 4.51. The molecule has 2 unspecified atom stereocenters. The molecule has 0 radical (unpaired) electrons. The van der Waals surface area contributed by atoms with E-state index in [1.807, 2.05) is 47.2 Å². The number of thiophene rings is 2. The van der Waals surface area contributed by atoms with Gasteiger partial charge in [-0.1, -0.05) is 24.3 Å². The van der Waals surface area contributed by atoms with Crippen LogP contribution in [0, 0.1) is 26.7 Å². The maximum absolute atomic E-state index is 12.0. The largest absolute Gasteiger partial charge is 0.481 e. The number of benzene rings is 1. The van der Waals surface area contributed by atoms with Crippen LogP contribution in [0.2, 0.25) is 0 Å². The van der Waals surface area contributed by atoms with Crippen molar-refractivity contribution in [2.45, 2.75) is 46.8 Å². The van der Waals surface area contributed by atoms with Gasteiger partial charge in [-0.15, -0.1) is 32.9 Å². The molecule has 2 N–H and O–H groups in total. The van der Waals surface area contributed by atoms with Gasteiger partial charge in [0.15, 0.2) is 5.82 Å². The Morgan fingerprint density at radius 2 is 1.74 bits per heavy atom. The first kappa shape index (κ1) is 23.6. The van der Waals surface area contributed by atoms with Crippen molar-refractivity contribution in [3.63, 3.8) is 0 Å². The van der Waals surface area contributed by atoms with Crippen molar-refractivity contribution in [2.24, 2.45) is 10.9 Å². The third-order valence-corrected chi connectivity index (χ3v) is 8.88. The maximum atomic E-state index is 12.0. The fraction of sp³-hybridized carbons (Fsp3) is 0.308. The quantitative estimate of drug-likeness (QED) is 0.364. The van der Waals surface area contributed by atoms with Gasteiger partial charge in [0.2, 0.25) is 0 Å². The summed E-state index contributed by atoms with van der Waals surface area (Å²) in [5.74, 6) is -0.449. The van der Waals surface area contributed by atoms with E-state index >= 15 is 0 Å². The number of aliphatic imine (C=N–C) groups is 1. The highest BCUT2D eigenvalue weighted by molar-refractivity contribution is 7.15. The summed E-state index contributed by atoms with van der Waals surface area (Å²) in [5, 5.41) is 31.6. The van der Waals surface area contributed by atoms with Gasteiger partial charge in [-0.2, -0.15) is 0 Å². The molecule has 0 fully saturated rings. The molecule has 5 rings (SSSR count). The smallest absolute Gasteiger partial charge is 0.308 e. The van der Waals surface area contributed by atoms with Crippen LogP contribution in [0.4, 0.5) is 0 Å². The van der Waals surface area contributed by atoms with Crippen LogP contribution in [0.25, 0.3) is 16.1 Å². The Hall–Kier alpha value is -3.14.